The molecule has 0 radical (unpaired) electrons. The summed E-state index contributed by atoms with van der Waals surface area (Å²) in [7, 11) is 0. The molecule has 0 unspecified atom stereocenters. The molecule has 1 aliphatic heterocycles. The zero-order chi connectivity index (χ0) is 11.9. The Bertz CT molecular complexity index is 594. The molecule has 1 atom stereocenters. The summed E-state index contributed by atoms with van der Waals surface area (Å²) < 4.78 is 0. The second kappa shape index (κ2) is 4.10. The second-order valence-electron chi connectivity index (χ2n) is 5.69. The summed E-state index contributed by atoms with van der Waals surface area (Å²) in [6.07, 6.45) is 6.49. The topological polar surface area (TPSA) is 12.0 Å². The number of benzene rings is 2. The minimum Gasteiger partial charge on any atom is -0.310 e. The first-order valence-corrected chi connectivity index (χ1v) is 7.19. The molecule has 1 saturated heterocycles. The molecule has 1 N–H and O–H groups in total. The van der Waals surface area contributed by atoms with Crippen molar-refractivity contribution in [2.75, 3.05) is 6.54 Å². The van der Waals surface area contributed by atoms with Crippen LogP contribution in [0.25, 0.3) is 10.8 Å². The van der Waals surface area contributed by atoms with Gasteiger partial charge in [0, 0.05) is 6.04 Å². The van der Waals surface area contributed by atoms with Gasteiger partial charge in [0.15, 0.2) is 0 Å². The summed E-state index contributed by atoms with van der Waals surface area (Å²) in [5, 5.41) is 6.53. The maximum Gasteiger partial charge on any atom is 0.0320 e. The molecule has 18 heavy (non-hydrogen) atoms. The van der Waals surface area contributed by atoms with Gasteiger partial charge in [-0.25, -0.2) is 0 Å². The summed E-state index contributed by atoms with van der Waals surface area (Å²) in [4.78, 5) is 0. The van der Waals surface area contributed by atoms with Crippen LogP contribution in [0.2, 0.25) is 0 Å². The van der Waals surface area contributed by atoms with Crippen LogP contribution in [-0.4, -0.2) is 6.54 Å². The van der Waals surface area contributed by atoms with Crippen molar-refractivity contribution in [2.24, 2.45) is 0 Å². The van der Waals surface area contributed by atoms with Crippen LogP contribution in [0.5, 0.6) is 0 Å². The van der Waals surface area contributed by atoms with Crippen molar-refractivity contribution < 1.29 is 0 Å². The second-order valence-corrected chi connectivity index (χ2v) is 5.69. The van der Waals surface area contributed by atoms with E-state index in [0.29, 0.717) is 6.04 Å². The largest absolute Gasteiger partial charge is 0.310 e. The average Bonchev–Trinajstić information content (AvgIpc) is 3.09. The Hall–Kier alpha value is -1.34. The Morgan fingerprint density at radius 3 is 2.83 bits per heavy atom. The van der Waals surface area contributed by atoms with Crippen molar-refractivity contribution in [1.29, 1.82) is 0 Å². The quantitative estimate of drug-likeness (QED) is 0.796. The third-order valence-electron chi connectivity index (χ3n) is 4.59. The smallest absolute Gasteiger partial charge is 0.0320 e. The summed E-state index contributed by atoms with van der Waals surface area (Å²) in [6, 6.07) is 12.3. The molecule has 1 fully saturated rings. The highest BCUT2D eigenvalue weighted by Crippen LogP contribution is 2.33. The monoisotopic (exact) mass is 237 g/mol. The van der Waals surface area contributed by atoms with Gasteiger partial charge in [-0.05, 0) is 72.2 Å². The Balaban J connectivity index is 1.88. The van der Waals surface area contributed by atoms with Crippen LogP contribution in [-0.2, 0) is 12.8 Å². The van der Waals surface area contributed by atoms with E-state index in [1.165, 1.54) is 55.0 Å². The van der Waals surface area contributed by atoms with Crippen LogP contribution in [0.3, 0.4) is 0 Å². The Morgan fingerprint density at radius 1 is 1.00 bits per heavy atom. The van der Waals surface area contributed by atoms with Crippen LogP contribution >= 0.6 is 0 Å². The first-order chi connectivity index (χ1) is 8.92. The SMILES string of the molecule is c1cc2ccc3c(c2cc1[C@@H]1CCCN1)CCC3. The zero-order valence-electron chi connectivity index (χ0n) is 10.7. The molecule has 1 nitrogen and oxygen atoms in total. The molecular formula is C17H19N. The first kappa shape index (κ1) is 10.6. The van der Waals surface area contributed by atoms with E-state index in [-0.39, 0.29) is 0 Å². The van der Waals surface area contributed by atoms with Crippen molar-refractivity contribution in [3.8, 4) is 0 Å². The van der Waals surface area contributed by atoms with Crippen LogP contribution in [0.4, 0.5) is 0 Å². The number of hydrogen-bond donors (Lipinski definition) is 1. The normalized spacial score (nSPS) is 22.6. The predicted octanol–water partition coefficient (Wildman–Crippen LogP) is 3.75. The number of rotatable bonds is 1. The van der Waals surface area contributed by atoms with Gasteiger partial charge in [0.2, 0.25) is 0 Å². The van der Waals surface area contributed by atoms with E-state index in [1.807, 2.05) is 0 Å². The third kappa shape index (κ3) is 1.58. The van der Waals surface area contributed by atoms with Gasteiger partial charge in [0.25, 0.3) is 0 Å². The minimum atomic E-state index is 0.589. The molecule has 2 aromatic carbocycles. The number of fused-ring (bicyclic) bond motifs is 3. The standard InChI is InChI=1S/C17H19N/c1-3-12-6-7-13-8-9-14(17-5-2-10-18-17)11-16(13)15(12)4-1/h6-9,11,17-18H,1-5,10H2/t17-/m0/s1. The van der Waals surface area contributed by atoms with Gasteiger partial charge in [-0.3, -0.25) is 0 Å². The molecule has 2 aromatic rings. The molecule has 4 rings (SSSR count). The Labute approximate surface area is 108 Å². The van der Waals surface area contributed by atoms with Crippen molar-refractivity contribution in [1.82, 2.24) is 5.32 Å². The lowest BCUT2D eigenvalue weighted by atomic mass is 9.96. The lowest BCUT2D eigenvalue weighted by Gasteiger charge is -2.13. The molecule has 1 heterocycles. The highest BCUT2D eigenvalue weighted by atomic mass is 14.9. The van der Waals surface area contributed by atoms with E-state index in [2.05, 4.69) is 35.6 Å². The molecule has 0 aromatic heterocycles. The maximum atomic E-state index is 3.61. The summed E-state index contributed by atoms with van der Waals surface area (Å²) >= 11 is 0. The van der Waals surface area contributed by atoms with Gasteiger partial charge in [0.05, 0.1) is 0 Å². The molecule has 2 aliphatic rings. The van der Waals surface area contributed by atoms with Crippen LogP contribution in [0.15, 0.2) is 30.3 Å². The van der Waals surface area contributed by atoms with Crippen molar-refractivity contribution in [3.05, 3.63) is 47.0 Å². The molecule has 0 bridgehead atoms. The maximum absolute atomic E-state index is 3.61. The van der Waals surface area contributed by atoms with Crippen molar-refractivity contribution >= 4 is 10.8 Å². The van der Waals surface area contributed by atoms with E-state index in [9.17, 15) is 0 Å². The van der Waals surface area contributed by atoms with Gasteiger partial charge in [-0.15, -0.1) is 0 Å². The van der Waals surface area contributed by atoms with Gasteiger partial charge >= 0.3 is 0 Å². The summed E-state index contributed by atoms with van der Waals surface area (Å²) in [6.45, 7) is 1.18. The molecule has 1 heteroatoms. The molecular weight excluding hydrogens is 218 g/mol. The highest BCUT2D eigenvalue weighted by molar-refractivity contribution is 5.88. The number of hydrogen-bond acceptors (Lipinski definition) is 1. The van der Waals surface area contributed by atoms with Gasteiger partial charge in [-0.2, -0.15) is 0 Å². The zero-order valence-corrected chi connectivity index (χ0v) is 10.7. The Morgan fingerprint density at radius 2 is 1.94 bits per heavy atom. The Kier molecular flexibility index (Phi) is 2.41. The number of nitrogens with one attached hydrogen (secondary N) is 1. The van der Waals surface area contributed by atoms with E-state index < -0.39 is 0 Å². The van der Waals surface area contributed by atoms with Crippen molar-refractivity contribution in [2.45, 2.75) is 38.1 Å². The van der Waals surface area contributed by atoms with Crippen LogP contribution in [0.1, 0.15) is 42.0 Å². The van der Waals surface area contributed by atoms with Gasteiger partial charge in [-0.1, -0.05) is 24.3 Å². The van der Waals surface area contributed by atoms with Crippen LogP contribution in [0, 0.1) is 0 Å². The summed E-state index contributed by atoms with van der Waals surface area (Å²) in [5.74, 6) is 0. The fourth-order valence-corrected chi connectivity index (χ4v) is 3.62. The fourth-order valence-electron chi connectivity index (χ4n) is 3.62. The van der Waals surface area contributed by atoms with E-state index in [1.54, 1.807) is 11.1 Å². The molecule has 92 valence electrons. The number of aryl methyl sites for hydroxylation is 2. The molecule has 0 spiro atoms. The lowest BCUT2D eigenvalue weighted by Crippen LogP contribution is -2.12. The van der Waals surface area contributed by atoms with Gasteiger partial charge in [0.1, 0.15) is 0 Å². The van der Waals surface area contributed by atoms with Crippen molar-refractivity contribution in [3.63, 3.8) is 0 Å². The van der Waals surface area contributed by atoms with E-state index in [0.717, 1.165) is 0 Å². The molecule has 1 aliphatic carbocycles. The summed E-state index contributed by atoms with van der Waals surface area (Å²) in [5.41, 5.74) is 4.69. The fraction of sp³-hybridized carbons (Fsp3) is 0.412. The average molecular weight is 237 g/mol. The third-order valence-corrected chi connectivity index (χ3v) is 4.59. The molecule has 0 amide bonds. The van der Waals surface area contributed by atoms with E-state index >= 15 is 0 Å². The van der Waals surface area contributed by atoms with Crippen LogP contribution < -0.4 is 5.32 Å². The highest BCUT2D eigenvalue weighted by Gasteiger charge is 2.18. The predicted molar refractivity (Wildman–Crippen MR) is 76.0 cm³/mol. The minimum absolute atomic E-state index is 0.589. The van der Waals surface area contributed by atoms with E-state index in [4.69, 9.17) is 0 Å². The first-order valence-electron chi connectivity index (χ1n) is 7.19. The van der Waals surface area contributed by atoms with Gasteiger partial charge < -0.3 is 5.32 Å². The lowest BCUT2D eigenvalue weighted by molar-refractivity contribution is 0.648. The molecule has 0 saturated carbocycles.